The Morgan fingerprint density at radius 2 is 0.982 bits per heavy atom. The van der Waals surface area contributed by atoms with Crippen LogP contribution in [0.15, 0.2) is 215 Å². The van der Waals surface area contributed by atoms with Crippen LogP contribution in [-0.4, -0.2) is 0 Å². The second kappa shape index (κ2) is 13.7. The van der Waals surface area contributed by atoms with Crippen molar-refractivity contribution in [2.45, 2.75) is 12.8 Å². The Morgan fingerprint density at radius 1 is 0.404 bits per heavy atom. The number of hydrogen-bond donors (Lipinski definition) is 0. The van der Waals surface area contributed by atoms with Crippen LogP contribution >= 0.6 is 0 Å². The molecule has 1 aliphatic rings. The summed E-state index contributed by atoms with van der Waals surface area (Å²) in [6, 6.07) is 66.8. The molecule has 57 heavy (non-hydrogen) atoms. The van der Waals surface area contributed by atoms with E-state index in [9.17, 15) is 0 Å². The van der Waals surface area contributed by atoms with Gasteiger partial charge in [-0.1, -0.05) is 158 Å². The molecule has 0 unspecified atom stereocenters. The lowest BCUT2D eigenvalue weighted by Gasteiger charge is -2.31. The minimum absolute atomic E-state index is 0.834. The largest absolute Gasteiger partial charge is 0.456 e. The predicted molar refractivity (Wildman–Crippen MR) is 238 cm³/mol. The fraction of sp³-hybridized carbons (Fsp3) is 0.0370. The van der Waals surface area contributed by atoms with Crippen molar-refractivity contribution in [3.8, 4) is 33.4 Å². The molecule has 0 radical (unpaired) electrons. The van der Waals surface area contributed by atoms with Gasteiger partial charge in [-0.3, -0.25) is 0 Å². The number of allylic oxidation sites excluding steroid dienone is 4. The molecular weight excluding hydrogens is 695 g/mol. The maximum absolute atomic E-state index is 7.08. The first-order chi connectivity index (χ1) is 28.3. The first kappa shape index (κ1) is 33.0. The fourth-order valence-corrected chi connectivity index (χ4v) is 8.64. The van der Waals surface area contributed by atoms with E-state index in [-0.39, 0.29) is 0 Å². The lowest BCUT2D eigenvalue weighted by Crippen LogP contribution is -2.19. The van der Waals surface area contributed by atoms with Crippen LogP contribution in [0.4, 0.5) is 11.4 Å². The van der Waals surface area contributed by atoms with Crippen molar-refractivity contribution in [3.63, 3.8) is 0 Å². The lowest BCUT2D eigenvalue weighted by atomic mass is 9.94. The summed E-state index contributed by atoms with van der Waals surface area (Å²) in [6.07, 6.45) is 6.45. The first-order valence-electron chi connectivity index (χ1n) is 19.6. The summed E-state index contributed by atoms with van der Waals surface area (Å²) >= 11 is 0. The van der Waals surface area contributed by atoms with Gasteiger partial charge in [0.1, 0.15) is 22.3 Å². The second-order valence-electron chi connectivity index (χ2n) is 14.7. The molecule has 0 N–H and O–H groups in total. The third kappa shape index (κ3) is 5.75. The van der Waals surface area contributed by atoms with Crippen molar-refractivity contribution in [2.75, 3.05) is 4.90 Å². The van der Waals surface area contributed by atoms with Crippen molar-refractivity contribution >= 4 is 60.8 Å². The number of fused-ring (bicyclic) bond motifs is 6. The smallest absolute Gasteiger partial charge is 0.144 e. The van der Waals surface area contributed by atoms with Crippen molar-refractivity contribution in [1.82, 2.24) is 0 Å². The van der Waals surface area contributed by atoms with Gasteiger partial charge in [-0.05, 0) is 82.6 Å². The Morgan fingerprint density at radius 3 is 1.68 bits per heavy atom. The molecule has 11 rings (SSSR count). The Labute approximate surface area is 331 Å². The number of rotatable bonds is 7. The van der Waals surface area contributed by atoms with Gasteiger partial charge >= 0.3 is 0 Å². The van der Waals surface area contributed by atoms with Crippen molar-refractivity contribution in [2.24, 2.45) is 0 Å². The highest BCUT2D eigenvalue weighted by molar-refractivity contribution is 6.23. The summed E-state index contributed by atoms with van der Waals surface area (Å²) in [6.45, 7) is 0. The van der Waals surface area contributed by atoms with Crippen LogP contribution in [0.1, 0.15) is 18.4 Å². The van der Waals surface area contributed by atoms with Crippen LogP contribution in [0, 0.1) is 0 Å². The van der Waals surface area contributed by atoms with Crippen LogP contribution in [-0.2, 0) is 0 Å². The van der Waals surface area contributed by atoms with Gasteiger partial charge < -0.3 is 13.7 Å². The van der Waals surface area contributed by atoms with E-state index in [1.807, 2.05) is 12.1 Å². The monoisotopic (exact) mass is 731 g/mol. The number of nitrogens with zero attached hydrogens (tertiary/aromatic N) is 1. The van der Waals surface area contributed by atoms with Crippen molar-refractivity contribution in [3.05, 3.63) is 211 Å². The van der Waals surface area contributed by atoms with Crippen molar-refractivity contribution < 1.29 is 8.83 Å². The molecule has 0 fully saturated rings. The van der Waals surface area contributed by atoms with E-state index in [2.05, 4.69) is 193 Å². The van der Waals surface area contributed by atoms with Gasteiger partial charge in [0.15, 0.2) is 0 Å². The van der Waals surface area contributed by atoms with Crippen LogP contribution in [0.5, 0.6) is 0 Å². The quantitative estimate of drug-likeness (QED) is 0.163. The zero-order valence-electron chi connectivity index (χ0n) is 31.2. The molecular formula is C54H37NO2. The number of furan rings is 2. The third-order valence-corrected chi connectivity index (χ3v) is 11.4. The van der Waals surface area contributed by atoms with Gasteiger partial charge in [0, 0.05) is 55.8 Å². The van der Waals surface area contributed by atoms with Crippen LogP contribution in [0.3, 0.4) is 0 Å². The highest BCUT2D eigenvalue weighted by Gasteiger charge is 2.24. The average Bonchev–Trinajstić information content (AvgIpc) is 3.85. The molecule has 2 aromatic heterocycles. The molecule has 1 aliphatic carbocycles. The average molecular weight is 732 g/mol. The molecule has 3 heteroatoms. The molecule has 0 saturated heterocycles. The summed E-state index contributed by atoms with van der Waals surface area (Å²) in [5.41, 5.74) is 16.1. The normalized spacial score (nSPS) is 13.0. The summed E-state index contributed by atoms with van der Waals surface area (Å²) in [5.74, 6) is 0. The fourth-order valence-electron chi connectivity index (χ4n) is 8.64. The Hall–Kier alpha value is -7.36. The van der Waals surface area contributed by atoms with Gasteiger partial charge in [-0.15, -0.1) is 0 Å². The lowest BCUT2D eigenvalue weighted by molar-refractivity contribution is 0.664. The van der Waals surface area contributed by atoms with Crippen molar-refractivity contribution in [1.29, 1.82) is 0 Å². The second-order valence-corrected chi connectivity index (χ2v) is 14.7. The summed E-state index contributed by atoms with van der Waals surface area (Å²) < 4.78 is 13.6. The highest BCUT2D eigenvalue weighted by atomic mass is 16.3. The molecule has 0 amide bonds. The van der Waals surface area contributed by atoms with E-state index in [1.165, 1.54) is 39.1 Å². The molecule has 10 aromatic rings. The zero-order valence-corrected chi connectivity index (χ0v) is 31.2. The van der Waals surface area contributed by atoms with E-state index in [4.69, 9.17) is 8.83 Å². The van der Waals surface area contributed by atoms with Gasteiger partial charge in [0.25, 0.3) is 0 Å². The predicted octanol–water partition coefficient (Wildman–Crippen LogP) is 15.4. The van der Waals surface area contributed by atoms with Gasteiger partial charge in [-0.25, -0.2) is 0 Å². The van der Waals surface area contributed by atoms with E-state index >= 15 is 0 Å². The third-order valence-electron chi connectivity index (χ3n) is 11.4. The Kier molecular flexibility index (Phi) is 7.96. The topological polar surface area (TPSA) is 29.5 Å². The molecule has 3 nitrogen and oxygen atoms in total. The number of para-hydroxylation sites is 1. The Balaban J connectivity index is 1.12. The standard InChI is InChI=1S/C54H37NO2/c1-4-14-36(15-5-1)38-24-26-41(27-25-38)52-53-46-21-11-13-23-49(46)56-51(53)35-47-45-33-32-43(34-50(45)57-54(47)52)55(42-30-28-39(29-31-42)37-16-6-2-7-17-37)48-22-12-10-20-44(48)40-18-8-3-9-19-40/h1-11,13-21,23-35H,12,22H2. The first-order valence-corrected chi connectivity index (χ1v) is 19.6. The minimum atomic E-state index is 0.834. The molecule has 0 aliphatic heterocycles. The van der Waals surface area contributed by atoms with E-state index < -0.39 is 0 Å². The van der Waals surface area contributed by atoms with E-state index in [1.54, 1.807) is 0 Å². The zero-order chi connectivity index (χ0) is 37.7. The molecule has 0 bridgehead atoms. The number of benzene rings is 8. The molecule has 0 spiro atoms. The van der Waals surface area contributed by atoms with Crippen LogP contribution in [0.2, 0.25) is 0 Å². The maximum atomic E-state index is 7.08. The van der Waals surface area contributed by atoms with Crippen LogP contribution in [0.25, 0.3) is 82.8 Å². The molecule has 270 valence electrons. The molecule has 8 aromatic carbocycles. The molecule has 2 heterocycles. The summed E-state index contributed by atoms with van der Waals surface area (Å²) in [5, 5.41) is 4.23. The minimum Gasteiger partial charge on any atom is -0.456 e. The number of anilines is 2. The molecule has 0 atom stereocenters. The highest BCUT2D eigenvalue weighted by Crippen LogP contribution is 2.47. The number of hydrogen-bond acceptors (Lipinski definition) is 3. The Bertz CT molecular complexity index is 3130. The summed E-state index contributed by atoms with van der Waals surface area (Å²) in [4.78, 5) is 2.43. The maximum Gasteiger partial charge on any atom is 0.144 e. The van der Waals surface area contributed by atoms with E-state index in [0.29, 0.717) is 0 Å². The van der Waals surface area contributed by atoms with E-state index in [0.717, 1.165) is 79.2 Å². The summed E-state index contributed by atoms with van der Waals surface area (Å²) in [7, 11) is 0. The van der Waals surface area contributed by atoms with Gasteiger partial charge in [-0.2, -0.15) is 0 Å². The molecule has 0 saturated carbocycles. The SMILES string of the molecule is C1=CC(c2ccccc2)=C(N(c2ccc(-c3ccccc3)cc2)c2ccc3c(c2)oc2c(-c4ccc(-c5ccccc5)cc4)c4c(cc23)oc2ccccc24)CC1. The van der Waals surface area contributed by atoms with Crippen LogP contribution < -0.4 is 4.90 Å². The van der Waals surface area contributed by atoms with Gasteiger partial charge in [0.2, 0.25) is 0 Å². The van der Waals surface area contributed by atoms with Gasteiger partial charge in [0.05, 0.1) is 0 Å².